The molecule has 1 aliphatic carbocycles. The normalized spacial score (nSPS) is 20.0. The molecule has 7 heteroatoms. The highest BCUT2D eigenvalue weighted by Gasteiger charge is 2.48. The van der Waals surface area contributed by atoms with Crippen molar-refractivity contribution in [1.29, 1.82) is 0 Å². The largest absolute Gasteiger partial charge is 0.383 e. The molecule has 0 radical (unpaired) electrons. The van der Waals surface area contributed by atoms with Gasteiger partial charge in [0, 0.05) is 19.7 Å². The fourth-order valence-corrected chi connectivity index (χ4v) is 2.00. The first kappa shape index (κ1) is 15.4. The molecule has 2 unspecified atom stereocenters. The van der Waals surface area contributed by atoms with Crippen LogP contribution in [-0.4, -0.2) is 32.1 Å². The number of carbonyl (C=O) groups excluding carboxylic acids is 2. The zero-order chi connectivity index (χ0) is 15.4. The van der Waals surface area contributed by atoms with Crippen molar-refractivity contribution >= 4 is 17.5 Å². The van der Waals surface area contributed by atoms with E-state index < -0.39 is 29.4 Å². The van der Waals surface area contributed by atoms with E-state index in [0.717, 1.165) is 12.1 Å². The molecule has 2 rings (SSSR count). The van der Waals surface area contributed by atoms with E-state index in [1.165, 1.54) is 7.11 Å². The minimum atomic E-state index is -0.843. The maximum atomic E-state index is 13.4. The monoisotopic (exact) mass is 298 g/mol. The van der Waals surface area contributed by atoms with Crippen molar-refractivity contribution in [3.8, 4) is 0 Å². The molecule has 114 valence electrons. The van der Waals surface area contributed by atoms with Gasteiger partial charge in [-0.2, -0.15) is 0 Å². The van der Waals surface area contributed by atoms with Crippen molar-refractivity contribution in [1.82, 2.24) is 5.32 Å². The summed E-state index contributed by atoms with van der Waals surface area (Å²) in [7, 11) is 1.52. The lowest BCUT2D eigenvalue weighted by Gasteiger charge is -2.06. The smallest absolute Gasteiger partial charge is 0.228 e. The van der Waals surface area contributed by atoms with Gasteiger partial charge >= 0.3 is 0 Å². The topological polar surface area (TPSA) is 67.4 Å². The Morgan fingerprint density at radius 3 is 2.67 bits per heavy atom. The standard InChI is InChI=1S/C14H16F2N2O3/c1-21-5-4-17-13(19)9-7-10(9)14(20)18-12-3-2-8(15)6-11(12)16/h2-3,6,9-10H,4-5,7H2,1H3,(H,17,19)(H,18,20). The molecule has 1 aromatic rings. The minimum absolute atomic E-state index is 0.0909. The lowest BCUT2D eigenvalue weighted by molar-refractivity contribution is -0.125. The van der Waals surface area contributed by atoms with E-state index in [2.05, 4.69) is 10.6 Å². The van der Waals surface area contributed by atoms with Crippen molar-refractivity contribution in [3.63, 3.8) is 0 Å². The Bertz CT molecular complexity index is 551. The predicted molar refractivity (Wildman–Crippen MR) is 71.5 cm³/mol. The zero-order valence-electron chi connectivity index (χ0n) is 11.5. The second kappa shape index (κ2) is 6.62. The van der Waals surface area contributed by atoms with Crippen LogP contribution in [0.5, 0.6) is 0 Å². The number of anilines is 1. The Morgan fingerprint density at radius 2 is 2.00 bits per heavy atom. The SMILES string of the molecule is COCCNC(=O)C1CC1C(=O)Nc1ccc(F)cc1F. The molecule has 0 saturated heterocycles. The van der Waals surface area contributed by atoms with Gasteiger partial charge in [-0.3, -0.25) is 9.59 Å². The highest BCUT2D eigenvalue weighted by Crippen LogP contribution is 2.39. The summed E-state index contributed by atoms with van der Waals surface area (Å²) in [6.45, 7) is 0.781. The summed E-state index contributed by atoms with van der Waals surface area (Å²) in [4.78, 5) is 23.6. The quantitative estimate of drug-likeness (QED) is 0.778. The van der Waals surface area contributed by atoms with E-state index in [4.69, 9.17) is 4.74 Å². The second-order valence-electron chi connectivity index (χ2n) is 4.85. The lowest BCUT2D eigenvalue weighted by Crippen LogP contribution is -2.30. The average Bonchev–Trinajstić information content (AvgIpc) is 3.22. The average molecular weight is 298 g/mol. The van der Waals surface area contributed by atoms with Gasteiger partial charge in [-0.25, -0.2) is 8.78 Å². The Morgan fingerprint density at radius 1 is 1.29 bits per heavy atom. The number of hydrogen-bond donors (Lipinski definition) is 2. The summed E-state index contributed by atoms with van der Waals surface area (Å²) in [5.41, 5.74) is -0.0909. The maximum Gasteiger partial charge on any atom is 0.228 e. The van der Waals surface area contributed by atoms with Crippen molar-refractivity contribution in [2.24, 2.45) is 11.8 Å². The third kappa shape index (κ3) is 3.98. The second-order valence-corrected chi connectivity index (χ2v) is 4.85. The summed E-state index contributed by atoms with van der Waals surface area (Å²) in [5.74, 6) is -3.08. The van der Waals surface area contributed by atoms with Gasteiger partial charge < -0.3 is 15.4 Å². The number of halogens is 2. The number of ether oxygens (including phenoxy) is 1. The van der Waals surface area contributed by atoms with Crippen LogP contribution in [0.25, 0.3) is 0 Å². The number of benzene rings is 1. The van der Waals surface area contributed by atoms with Crippen LogP contribution in [0, 0.1) is 23.5 Å². The Labute approximate surface area is 120 Å². The molecule has 1 saturated carbocycles. The number of hydrogen-bond acceptors (Lipinski definition) is 3. The summed E-state index contributed by atoms with van der Waals surface area (Å²) >= 11 is 0. The third-order valence-corrected chi connectivity index (χ3v) is 3.26. The van der Waals surface area contributed by atoms with Crippen molar-refractivity contribution in [2.45, 2.75) is 6.42 Å². The number of rotatable bonds is 6. The molecule has 2 atom stereocenters. The Kier molecular flexibility index (Phi) is 4.85. The van der Waals surface area contributed by atoms with Gasteiger partial charge in [-0.1, -0.05) is 0 Å². The predicted octanol–water partition coefficient (Wildman–Crippen LogP) is 1.30. The van der Waals surface area contributed by atoms with Gasteiger partial charge in [0.15, 0.2) is 0 Å². The van der Waals surface area contributed by atoms with Crippen LogP contribution in [0.3, 0.4) is 0 Å². The van der Waals surface area contributed by atoms with E-state index in [1.54, 1.807) is 0 Å². The van der Waals surface area contributed by atoms with Gasteiger partial charge in [0.2, 0.25) is 11.8 Å². The molecule has 1 fully saturated rings. The fraction of sp³-hybridized carbons (Fsp3) is 0.429. The van der Waals surface area contributed by atoms with E-state index >= 15 is 0 Å². The van der Waals surface area contributed by atoms with Gasteiger partial charge in [0.1, 0.15) is 11.6 Å². The summed E-state index contributed by atoms with van der Waals surface area (Å²) in [6, 6.07) is 2.90. The molecule has 0 aliphatic heterocycles. The summed E-state index contributed by atoms with van der Waals surface area (Å²) < 4.78 is 31.0. The minimum Gasteiger partial charge on any atom is -0.383 e. The highest BCUT2D eigenvalue weighted by molar-refractivity contribution is 5.99. The van der Waals surface area contributed by atoms with Crippen LogP contribution in [0.15, 0.2) is 18.2 Å². The van der Waals surface area contributed by atoms with Crippen LogP contribution in [0.2, 0.25) is 0 Å². The maximum absolute atomic E-state index is 13.4. The van der Waals surface area contributed by atoms with E-state index in [0.29, 0.717) is 25.6 Å². The van der Waals surface area contributed by atoms with Crippen molar-refractivity contribution < 1.29 is 23.1 Å². The molecule has 0 spiro atoms. The zero-order valence-corrected chi connectivity index (χ0v) is 11.5. The molecule has 5 nitrogen and oxygen atoms in total. The third-order valence-electron chi connectivity index (χ3n) is 3.26. The Balaban J connectivity index is 1.84. The highest BCUT2D eigenvalue weighted by atomic mass is 19.1. The van der Waals surface area contributed by atoms with E-state index in [9.17, 15) is 18.4 Å². The molecule has 0 aromatic heterocycles. The molecule has 0 heterocycles. The fourth-order valence-electron chi connectivity index (χ4n) is 2.00. The first-order chi connectivity index (χ1) is 10.0. The number of methoxy groups -OCH3 is 1. The Hall–Kier alpha value is -2.02. The molecule has 21 heavy (non-hydrogen) atoms. The van der Waals surface area contributed by atoms with Gasteiger partial charge in [0.05, 0.1) is 24.1 Å². The van der Waals surface area contributed by atoms with Crippen molar-refractivity contribution in [3.05, 3.63) is 29.8 Å². The summed E-state index contributed by atoms with van der Waals surface area (Å²) in [5, 5.41) is 5.01. The molecule has 0 bridgehead atoms. The van der Waals surface area contributed by atoms with Crippen LogP contribution < -0.4 is 10.6 Å². The number of carbonyl (C=O) groups is 2. The van der Waals surface area contributed by atoms with Crippen LogP contribution in [-0.2, 0) is 14.3 Å². The van der Waals surface area contributed by atoms with E-state index in [-0.39, 0.29) is 11.6 Å². The van der Waals surface area contributed by atoms with Crippen molar-refractivity contribution in [2.75, 3.05) is 25.6 Å². The first-order valence-corrected chi connectivity index (χ1v) is 6.55. The van der Waals surface area contributed by atoms with Gasteiger partial charge in [-0.05, 0) is 18.6 Å². The molecular formula is C14H16F2N2O3. The molecule has 2 amide bonds. The molecule has 1 aliphatic rings. The van der Waals surface area contributed by atoms with Crippen LogP contribution >= 0.6 is 0 Å². The molecule has 2 N–H and O–H groups in total. The van der Waals surface area contributed by atoms with Crippen LogP contribution in [0.4, 0.5) is 14.5 Å². The van der Waals surface area contributed by atoms with Crippen LogP contribution in [0.1, 0.15) is 6.42 Å². The van der Waals surface area contributed by atoms with E-state index in [1.807, 2.05) is 0 Å². The van der Waals surface area contributed by atoms with Gasteiger partial charge in [-0.15, -0.1) is 0 Å². The summed E-state index contributed by atoms with van der Waals surface area (Å²) in [6.07, 6.45) is 0.424. The molecule has 1 aromatic carbocycles. The number of amides is 2. The molecular weight excluding hydrogens is 282 g/mol. The number of nitrogens with one attached hydrogen (secondary N) is 2. The lowest BCUT2D eigenvalue weighted by atomic mass is 10.2. The van der Waals surface area contributed by atoms with Gasteiger partial charge in [0.25, 0.3) is 0 Å². The first-order valence-electron chi connectivity index (χ1n) is 6.55.